The highest BCUT2D eigenvalue weighted by atomic mass is 35.5. The number of halogens is 3. The summed E-state index contributed by atoms with van der Waals surface area (Å²) in [5.41, 5.74) is 0. The second kappa shape index (κ2) is 10.7. The average Bonchev–Trinajstić information content (AvgIpc) is 2.94. The molecule has 2 aliphatic heterocycles. The summed E-state index contributed by atoms with van der Waals surface area (Å²) >= 11 is 5.48. The Bertz CT molecular complexity index is 875. The number of ether oxygens (including phenoxy) is 1. The Labute approximate surface area is 220 Å². The van der Waals surface area contributed by atoms with E-state index < -0.39 is 53.3 Å². The number of aliphatic hydroxyl groups excluding tert-OH is 1. The van der Waals surface area contributed by atoms with Crippen LogP contribution < -0.4 is 5.32 Å². The molecule has 1 amide bonds. The summed E-state index contributed by atoms with van der Waals surface area (Å²) in [4.78, 5) is 16.3. The number of carbonyl (C=O) groups is 1. The molecule has 0 aromatic carbocycles. The normalized spacial score (nSPS) is 27.3. The van der Waals surface area contributed by atoms with E-state index in [2.05, 4.69) is 31.1 Å². The minimum absolute atomic E-state index is 0.0117. The Morgan fingerprint density at radius 3 is 2.22 bits per heavy atom. The number of aliphatic hydroxyl groups is 1. The van der Waals surface area contributed by atoms with Crippen LogP contribution in [0.25, 0.3) is 0 Å². The Morgan fingerprint density at radius 1 is 1.19 bits per heavy atom. The second-order valence-corrected chi connectivity index (χ2v) is 22.2. The number of alkyl halides is 3. The van der Waals surface area contributed by atoms with Crippen molar-refractivity contribution in [1.82, 2.24) is 10.2 Å². The minimum Gasteiger partial charge on any atom is -0.414 e. The monoisotopic (exact) mass is 569 g/mol. The number of amidine groups is 1. The fourth-order valence-corrected chi connectivity index (χ4v) is 5.56. The predicted molar refractivity (Wildman–Crippen MR) is 142 cm³/mol. The van der Waals surface area contributed by atoms with E-state index >= 15 is 8.78 Å². The molecule has 0 bridgehead atoms. The molecule has 13 heteroatoms. The average molecular weight is 570 g/mol. The van der Waals surface area contributed by atoms with Crippen LogP contribution in [0.5, 0.6) is 0 Å². The van der Waals surface area contributed by atoms with Crippen molar-refractivity contribution >= 4 is 40.0 Å². The molecule has 2 heterocycles. The molecule has 0 aromatic rings. The number of aliphatic imine (C=N–C) groups is 1. The number of amides is 1. The van der Waals surface area contributed by atoms with Crippen LogP contribution in [0.4, 0.5) is 8.78 Å². The number of hydrogen-bond acceptors (Lipinski definition) is 7. The van der Waals surface area contributed by atoms with Gasteiger partial charge in [0, 0.05) is 6.20 Å². The van der Waals surface area contributed by atoms with E-state index in [-0.39, 0.29) is 28.4 Å². The fourth-order valence-electron chi connectivity index (χ4n) is 3.18. The van der Waals surface area contributed by atoms with Crippen molar-refractivity contribution in [2.24, 2.45) is 4.99 Å². The fraction of sp³-hybridized carbons (Fsp3) is 0.826. The lowest BCUT2D eigenvalue weighted by atomic mass is 10.1. The Balaban J connectivity index is 2.36. The first kappa shape index (κ1) is 31.3. The molecule has 1 unspecified atom stereocenters. The Morgan fingerprint density at radius 2 is 1.75 bits per heavy atom. The first-order valence-corrected chi connectivity index (χ1v) is 18.4. The van der Waals surface area contributed by atoms with Gasteiger partial charge in [-0.25, -0.2) is 4.99 Å². The molecule has 208 valence electrons. The van der Waals surface area contributed by atoms with Crippen LogP contribution in [-0.2, 0) is 18.4 Å². The highest BCUT2D eigenvalue weighted by molar-refractivity contribution is 6.74. The van der Waals surface area contributed by atoms with Gasteiger partial charge in [-0.1, -0.05) is 41.5 Å². The van der Waals surface area contributed by atoms with Crippen LogP contribution in [0.15, 0.2) is 17.3 Å². The lowest BCUT2D eigenvalue weighted by Crippen LogP contribution is -2.56. The first-order chi connectivity index (χ1) is 16.1. The number of rotatable bonds is 7. The molecule has 0 aromatic heterocycles. The molecule has 0 radical (unpaired) electrons. The van der Waals surface area contributed by atoms with E-state index in [1.54, 1.807) is 0 Å². The minimum atomic E-state index is -3.49. The molecule has 1 saturated heterocycles. The third-order valence-electron chi connectivity index (χ3n) is 7.58. The highest BCUT2D eigenvalue weighted by Crippen LogP contribution is 2.46. The maximum Gasteiger partial charge on any atom is 0.318 e. The van der Waals surface area contributed by atoms with E-state index in [1.165, 1.54) is 12.3 Å². The van der Waals surface area contributed by atoms with Gasteiger partial charge in [-0.3, -0.25) is 4.79 Å². The Hall–Kier alpha value is -0.896. The van der Waals surface area contributed by atoms with Gasteiger partial charge in [0.2, 0.25) is 18.5 Å². The van der Waals surface area contributed by atoms with E-state index in [0.29, 0.717) is 0 Å². The van der Waals surface area contributed by atoms with Crippen molar-refractivity contribution < 1.29 is 32.3 Å². The molecule has 1 fully saturated rings. The van der Waals surface area contributed by atoms with Crippen LogP contribution in [0.1, 0.15) is 41.5 Å². The summed E-state index contributed by atoms with van der Waals surface area (Å²) in [6, 6.07) is 0. The van der Waals surface area contributed by atoms with Crippen LogP contribution >= 0.6 is 11.6 Å². The van der Waals surface area contributed by atoms with Crippen LogP contribution in [0, 0.1) is 0 Å². The zero-order valence-electron chi connectivity index (χ0n) is 23.0. The van der Waals surface area contributed by atoms with Gasteiger partial charge in [-0.15, -0.1) is 11.6 Å². The van der Waals surface area contributed by atoms with Crippen molar-refractivity contribution in [3.05, 3.63) is 12.3 Å². The zero-order chi connectivity index (χ0) is 27.9. The predicted octanol–water partition coefficient (Wildman–Crippen LogP) is 4.62. The molecular formula is C23H42ClF2N3O5Si2. The zero-order valence-corrected chi connectivity index (χ0v) is 25.7. The summed E-state index contributed by atoms with van der Waals surface area (Å²) in [7, 11) is -4.90. The summed E-state index contributed by atoms with van der Waals surface area (Å²) < 4.78 is 50.4. The molecule has 8 nitrogen and oxygen atoms in total. The number of hydrogen-bond donors (Lipinski definition) is 2. The van der Waals surface area contributed by atoms with Crippen LogP contribution in [-0.4, -0.2) is 81.6 Å². The maximum atomic E-state index is 16.0. The quantitative estimate of drug-likeness (QED) is 0.343. The molecule has 0 saturated carbocycles. The van der Waals surface area contributed by atoms with Gasteiger partial charge in [0.15, 0.2) is 16.6 Å². The van der Waals surface area contributed by atoms with Gasteiger partial charge in [-0.2, -0.15) is 8.78 Å². The third-order valence-corrected chi connectivity index (χ3v) is 16.8. The summed E-state index contributed by atoms with van der Waals surface area (Å²) in [5, 5.41) is 12.5. The van der Waals surface area contributed by atoms with E-state index in [9.17, 15) is 9.90 Å². The summed E-state index contributed by atoms with van der Waals surface area (Å²) in [5.74, 6) is -4.32. The second-order valence-electron chi connectivity index (χ2n) is 12.4. The SMILES string of the molecule is CC(C)(C)[Si](C)(C)OC[C@H]1O[C@@H](N2C=CC(NC(=O)CCl)=NC2O)C(F)(F)[C@@H]1O[Si](C)(C)C(C)(C)C. The van der Waals surface area contributed by atoms with Crippen molar-refractivity contribution in [3.63, 3.8) is 0 Å². The van der Waals surface area contributed by atoms with Gasteiger partial charge in [0.1, 0.15) is 23.9 Å². The van der Waals surface area contributed by atoms with Gasteiger partial charge >= 0.3 is 5.92 Å². The van der Waals surface area contributed by atoms with Crippen molar-refractivity contribution in [2.75, 3.05) is 12.5 Å². The lowest BCUT2D eigenvalue weighted by Gasteiger charge is -2.41. The van der Waals surface area contributed by atoms with Crippen LogP contribution in [0.3, 0.4) is 0 Å². The summed E-state index contributed by atoms with van der Waals surface area (Å²) in [6.45, 7) is 20.0. The molecule has 2 rings (SSSR count). The van der Waals surface area contributed by atoms with E-state index in [1.807, 2.05) is 47.0 Å². The van der Waals surface area contributed by atoms with Gasteiger partial charge in [0.05, 0.1) is 6.61 Å². The number of carbonyl (C=O) groups excluding carboxylic acids is 1. The molecule has 2 aliphatic rings. The smallest absolute Gasteiger partial charge is 0.318 e. The third kappa shape index (κ3) is 6.75. The molecule has 0 aliphatic carbocycles. The molecule has 2 N–H and O–H groups in total. The Kier molecular flexibility index (Phi) is 9.31. The summed E-state index contributed by atoms with van der Waals surface area (Å²) in [6.07, 6.45) is -3.66. The molecular weight excluding hydrogens is 528 g/mol. The maximum absolute atomic E-state index is 16.0. The van der Waals surface area contributed by atoms with Crippen molar-refractivity contribution in [2.45, 2.75) is 109 Å². The van der Waals surface area contributed by atoms with Gasteiger partial charge < -0.3 is 28.9 Å². The van der Waals surface area contributed by atoms with Crippen molar-refractivity contribution in [3.8, 4) is 0 Å². The van der Waals surface area contributed by atoms with Crippen molar-refractivity contribution in [1.29, 1.82) is 0 Å². The number of nitrogens with zero attached hydrogens (tertiary/aromatic N) is 2. The van der Waals surface area contributed by atoms with E-state index in [4.69, 9.17) is 25.2 Å². The standard InChI is InChI=1S/C23H42ClF2N3O5Si2/c1-21(2,3)35(7,8)32-14-15-18(34-36(9,10)22(4,5)6)23(25,26)19(33-15)29-12-11-16(28-20(29)31)27-17(30)13-24/h11-12,15,18-20,31H,13-14H2,1-10H3,(H,27,28,30)/t15-,18-,19-,20?/m1/s1. The molecule has 0 spiro atoms. The highest BCUT2D eigenvalue weighted by Gasteiger charge is 2.64. The van der Waals surface area contributed by atoms with Gasteiger partial charge in [0.25, 0.3) is 0 Å². The first-order valence-electron chi connectivity index (χ1n) is 12.1. The molecule has 4 atom stereocenters. The van der Waals surface area contributed by atoms with E-state index in [0.717, 1.165) is 4.90 Å². The molecule has 36 heavy (non-hydrogen) atoms. The largest absolute Gasteiger partial charge is 0.414 e. The number of nitrogens with one attached hydrogen (secondary N) is 1. The topological polar surface area (TPSA) is 92.6 Å². The van der Waals surface area contributed by atoms with Crippen LogP contribution in [0.2, 0.25) is 36.3 Å². The lowest BCUT2D eigenvalue weighted by molar-refractivity contribution is -0.185. The van der Waals surface area contributed by atoms with Gasteiger partial charge in [-0.05, 0) is 42.3 Å².